The molecule has 0 saturated carbocycles. The number of hydrogen-bond donors (Lipinski definition) is 0. The van der Waals surface area contributed by atoms with Gasteiger partial charge in [0.15, 0.2) is 0 Å². The number of hydrogen-bond acceptors (Lipinski definition) is 2. The lowest BCUT2D eigenvalue weighted by Gasteiger charge is -2.37. The lowest BCUT2D eigenvalue weighted by Crippen LogP contribution is -2.38. The molecule has 0 aromatic heterocycles. The Kier molecular flexibility index (Phi) is 7.41. The van der Waals surface area contributed by atoms with Crippen molar-refractivity contribution in [2.75, 3.05) is 19.6 Å². The summed E-state index contributed by atoms with van der Waals surface area (Å²) in [6, 6.07) is 0. The summed E-state index contributed by atoms with van der Waals surface area (Å²) in [6.45, 7) is 12.3. The predicted molar refractivity (Wildman–Crippen MR) is 96.9 cm³/mol. The number of ether oxygens (including phenoxy) is 1. The van der Waals surface area contributed by atoms with Gasteiger partial charge >= 0.3 is 0 Å². The first kappa shape index (κ1) is 19.0. The fourth-order valence-electron chi connectivity index (χ4n) is 3.76. The highest BCUT2D eigenvalue weighted by Crippen LogP contribution is 2.47. The smallest absolute Gasteiger partial charge is 0.129 e. The molecule has 0 aromatic carbocycles. The van der Waals surface area contributed by atoms with E-state index in [9.17, 15) is 0 Å². The summed E-state index contributed by atoms with van der Waals surface area (Å²) in [6.07, 6.45) is 14.9. The van der Waals surface area contributed by atoms with Gasteiger partial charge in [0, 0.05) is 0 Å². The summed E-state index contributed by atoms with van der Waals surface area (Å²) in [5.41, 5.74) is 1.63. The maximum absolute atomic E-state index is 5.89. The quantitative estimate of drug-likeness (QED) is 0.712. The van der Waals surface area contributed by atoms with Crippen LogP contribution < -0.4 is 0 Å². The van der Waals surface area contributed by atoms with Gasteiger partial charge in [-0.15, -0.1) is 0 Å². The highest BCUT2D eigenvalue weighted by Gasteiger charge is 2.44. The van der Waals surface area contributed by atoms with Crippen LogP contribution in [0, 0.1) is 11.3 Å². The average Bonchev–Trinajstić information content (AvgIpc) is 2.87. The van der Waals surface area contributed by atoms with E-state index in [-0.39, 0.29) is 18.9 Å². The van der Waals surface area contributed by atoms with Gasteiger partial charge in [-0.25, -0.2) is 0 Å². The van der Waals surface area contributed by atoms with Crippen molar-refractivity contribution in [2.45, 2.75) is 60.5 Å². The molecule has 2 heterocycles. The Morgan fingerprint density at radius 2 is 1.91 bits per heavy atom. The zero-order valence-corrected chi connectivity index (χ0v) is 14.1. The van der Waals surface area contributed by atoms with Crippen molar-refractivity contribution < 1.29 is 4.74 Å². The van der Waals surface area contributed by atoms with Crippen LogP contribution in [0.4, 0.5) is 0 Å². The van der Waals surface area contributed by atoms with Gasteiger partial charge in [-0.1, -0.05) is 46.4 Å². The molecule has 0 amide bonds. The molecule has 126 valence electrons. The van der Waals surface area contributed by atoms with Crippen molar-refractivity contribution >= 4 is 0 Å². The minimum atomic E-state index is 0. The van der Waals surface area contributed by atoms with Crippen LogP contribution in [-0.4, -0.2) is 30.6 Å². The van der Waals surface area contributed by atoms with Crippen molar-refractivity contribution in [3.05, 3.63) is 36.1 Å². The third-order valence-corrected chi connectivity index (χ3v) is 4.96. The van der Waals surface area contributed by atoms with Gasteiger partial charge in [-0.3, -0.25) is 0 Å². The Morgan fingerprint density at radius 3 is 2.55 bits per heavy atom. The largest absolute Gasteiger partial charge is 0.493 e. The molecule has 0 N–H and O–H groups in total. The van der Waals surface area contributed by atoms with Crippen molar-refractivity contribution in [2.24, 2.45) is 11.3 Å². The second-order valence-electron chi connectivity index (χ2n) is 6.27. The maximum atomic E-state index is 5.89. The standard InChI is InChI=1S/C17H25NO.C2H6.CH4/c1-3-10-18-11-7-14(8-12-18)15-13-19-16-6-4-5-9-17(15,16)2;1-2;/h4-6,9,13-14,16H,3,7-8,10-12H2,1-2H3;1-2H3;1H4. The third-order valence-electron chi connectivity index (χ3n) is 4.96. The van der Waals surface area contributed by atoms with E-state index in [0.29, 0.717) is 5.92 Å². The van der Waals surface area contributed by atoms with Crippen LogP contribution in [0.15, 0.2) is 36.1 Å². The van der Waals surface area contributed by atoms with Gasteiger partial charge in [-0.05, 0) is 63.4 Å². The van der Waals surface area contributed by atoms with E-state index in [1.165, 1.54) is 44.5 Å². The molecule has 0 bridgehead atoms. The van der Waals surface area contributed by atoms with Crippen LogP contribution in [0.25, 0.3) is 0 Å². The highest BCUT2D eigenvalue weighted by atomic mass is 16.5. The summed E-state index contributed by atoms with van der Waals surface area (Å²) < 4.78 is 5.89. The third kappa shape index (κ3) is 3.65. The average molecular weight is 306 g/mol. The summed E-state index contributed by atoms with van der Waals surface area (Å²) in [4.78, 5) is 2.60. The topological polar surface area (TPSA) is 12.5 Å². The number of fused-ring (bicyclic) bond motifs is 1. The Hall–Kier alpha value is -1.02. The molecule has 1 aliphatic carbocycles. The van der Waals surface area contributed by atoms with E-state index in [4.69, 9.17) is 4.74 Å². The molecule has 3 rings (SSSR count). The summed E-state index contributed by atoms with van der Waals surface area (Å²) >= 11 is 0. The molecule has 2 atom stereocenters. The van der Waals surface area contributed by atoms with Crippen molar-refractivity contribution in [1.29, 1.82) is 0 Å². The maximum Gasteiger partial charge on any atom is 0.129 e. The minimum Gasteiger partial charge on any atom is -0.493 e. The number of rotatable bonds is 3. The summed E-state index contributed by atoms with van der Waals surface area (Å²) in [5, 5.41) is 0. The van der Waals surface area contributed by atoms with Crippen molar-refractivity contribution in [1.82, 2.24) is 4.90 Å². The Bertz CT molecular complexity index is 415. The zero-order valence-electron chi connectivity index (χ0n) is 14.1. The Balaban J connectivity index is 0.000000775. The van der Waals surface area contributed by atoms with E-state index < -0.39 is 0 Å². The van der Waals surface area contributed by atoms with E-state index in [1.54, 1.807) is 0 Å². The van der Waals surface area contributed by atoms with Crippen molar-refractivity contribution in [3.8, 4) is 0 Å². The number of allylic oxidation sites excluding steroid dienone is 2. The molecular formula is C20H35NO. The fraction of sp³-hybridized carbons (Fsp3) is 0.700. The normalized spacial score (nSPS) is 30.5. The number of piperidine rings is 1. The van der Waals surface area contributed by atoms with Crippen LogP contribution in [0.1, 0.15) is 54.4 Å². The highest BCUT2D eigenvalue weighted by molar-refractivity contribution is 5.36. The first-order valence-corrected chi connectivity index (χ1v) is 8.68. The van der Waals surface area contributed by atoms with Crippen LogP contribution in [0.3, 0.4) is 0 Å². The lowest BCUT2D eigenvalue weighted by molar-refractivity contribution is 0.143. The lowest BCUT2D eigenvalue weighted by atomic mass is 9.70. The van der Waals surface area contributed by atoms with Gasteiger partial charge in [0.25, 0.3) is 0 Å². The molecule has 2 unspecified atom stereocenters. The first-order chi connectivity index (χ1) is 10.2. The molecule has 1 fully saturated rings. The first-order valence-electron chi connectivity index (χ1n) is 8.68. The molecule has 2 heteroatoms. The van der Waals surface area contributed by atoms with Gasteiger partial charge in [-0.2, -0.15) is 0 Å². The monoisotopic (exact) mass is 305 g/mol. The van der Waals surface area contributed by atoms with Gasteiger partial charge in [0.1, 0.15) is 6.10 Å². The van der Waals surface area contributed by atoms with E-state index in [0.717, 1.165) is 0 Å². The molecule has 0 radical (unpaired) electrons. The summed E-state index contributed by atoms with van der Waals surface area (Å²) in [7, 11) is 0. The number of likely N-dealkylation sites (tertiary alicyclic amines) is 1. The van der Waals surface area contributed by atoms with Gasteiger partial charge in [0.05, 0.1) is 11.7 Å². The predicted octanol–water partition coefficient (Wildman–Crippen LogP) is 5.19. The second kappa shape index (κ2) is 8.57. The Morgan fingerprint density at radius 1 is 1.23 bits per heavy atom. The van der Waals surface area contributed by atoms with Crippen LogP contribution >= 0.6 is 0 Å². The van der Waals surface area contributed by atoms with E-state index in [1.807, 2.05) is 13.8 Å². The molecule has 3 aliphatic rings. The Labute approximate surface area is 137 Å². The van der Waals surface area contributed by atoms with Gasteiger partial charge in [0.2, 0.25) is 0 Å². The fourth-order valence-corrected chi connectivity index (χ4v) is 3.76. The van der Waals surface area contributed by atoms with Gasteiger partial charge < -0.3 is 9.64 Å². The molecule has 0 aromatic rings. The molecule has 2 nitrogen and oxygen atoms in total. The number of nitrogens with zero attached hydrogens (tertiary/aromatic N) is 1. The molecule has 22 heavy (non-hydrogen) atoms. The van der Waals surface area contributed by atoms with E-state index >= 15 is 0 Å². The molecule has 2 aliphatic heterocycles. The molecular weight excluding hydrogens is 270 g/mol. The second-order valence-corrected chi connectivity index (χ2v) is 6.27. The zero-order chi connectivity index (χ0) is 15.3. The van der Waals surface area contributed by atoms with Crippen LogP contribution in [-0.2, 0) is 4.74 Å². The molecule has 0 spiro atoms. The SMILES string of the molecule is C.CC.CCCN1CCC(C2=COC3C=CC=CC23C)CC1. The van der Waals surface area contributed by atoms with Crippen LogP contribution in [0.5, 0.6) is 0 Å². The van der Waals surface area contributed by atoms with Crippen LogP contribution in [0.2, 0.25) is 0 Å². The minimum absolute atomic E-state index is 0. The van der Waals surface area contributed by atoms with E-state index in [2.05, 4.69) is 49.3 Å². The molecule has 1 saturated heterocycles. The van der Waals surface area contributed by atoms with Crippen molar-refractivity contribution in [3.63, 3.8) is 0 Å². The summed E-state index contributed by atoms with van der Waals surface area (Å²) in [5.74, 6) is 0.708.